The number of aromatic nitrogens is 2. The molecule has 29 heavy (non-hydrogen) atoms. The Morgan fingerprint density at radius 3 is 2.52 bits per heavy atom. The maximum absolute atomic E-state index is 13.0. The van der Waals surface area contributed by atoms with Gasteiger partial charge in [-0.25, -0.2) is 4.98 Å². The van der Waals surface area contributed by atoms with E-state index in [4.69, 9.17) is 4.18 Å². The first-order valence-corrected chi connectivity index (χ1v) is 11.4. The van der Waals surface area contributed by atoms with Crippen molar-refractivity contribution in [2.24, 2.45) is 0 Å². The van der Waals surface area contributed by atoms with E-state index >= 15 is 0 Å². The van der Waals surface area contributed by atoms with E-state index in [0.717, 1.165) is 16.7 Å². The predicted molar refractivity (Wildman–Crippen MR) is 115 cm³/mol. The highest BCUT2D eigenvalue weighted by Gasteiger charge is 2.17. The Labute approximate surface area is 172 Å². The van der Waals surface area contributed by atoms with Gasteiger partial charge in [0.05, 0.1) is 11.7 Å². The quantitative estimate of drug-likeness (QED) is 0.438. The van der Waals surface area contributed by atoms with Gasteiger partial charge in [-0.1, -0.05) is 48.0 Å². The number of hydrogen-bond donors (Lipinski definition) is 0. The molecule has 0 amide bonds. The van der Waals surface area contributed by atoms with Crippen molar-refractivity contribution < 1.29 is 12.6 Å². The van der Waals surface area contributed by atoms with Gasteiger partial charge in [0.25, 0.3) is 5.56 Å². The molecule has 0 N–H and O–H groups in total. The Morgan fingerprint density at radius 2 is 1.79 bits per heavy atom. The van der Waals surface area contributed by atoms with Crippen LogP contribution in [0.25, 0.3) is 21.3 Å². The number of rotatable bonds is 6. The summed E-state index contributed by atoms with van der Waals surface area (Å²) in [5, 5.41) is 2.41. The summed E-state index contributed by atoms with van der Waals surface area (Å²) in [6.07, 6.45) is 1.39. The van der Waals surface area contributed by atoms with Crippen molar-refractivity contribution >= 4 is 31.7 Å². The summed E-state index contributed by atoms with van der Waals surface area (Å²) in [5.74, 6) is -0.0909. The fraction of sp³-hybridized carbons (Fsp3) is 0.143. The zero-order valence-electron chi connectivity index (χ0n) is 15.6. The van der Waals surface area contributed by atoms with Crippen molar-refractivity contribution in [3.63, 3.8) is 0 Å². The van der Waals surface area contributed by atoms with Gasteiger partial charge in [-0.05, 0) is 24.6 Å². The monoisotopic (exact) mass is 426 g/mol. The fourth-order valence-corrected chi connectivity index (χ4v) is 4.76. The lowest BCUT2D eigenvalue weighted by atomic mass is 10.1. The van der Waals surface area contributed by atoms with Crippen LogP contribution in [-0.2, 0) is 16.7 Å². The molecule has 0 unspecified atom stereocenters. The van der Waals surface area contributed by atoms with Gasteiger partial charge >= 0.3 is 10.1 Å². The Kier molecular flexibility index (Phi) is 5.21. The normalized spacial score (nSPS) is 11.6. The van der Waals surface area contributed by atoms with Crippen LogP contribution in [0.5, 0.6) is 5.75 Å². The molecule has 0 aliphatic carbocycles. The second-order valence-electron chi connectivity index (χ2n) is 6.60. The van der Waals surface area contributed by atoms with Crippen molar-refractivity contribution in [2.75, 3.05) is 5.75 Å². The molecule has 4 aromatic rings. The van der Waals surface area contributed by atoms with E-state index in [2.05, 4.69) is 4.98 Å². The predicted octanol–water partition coefficient (Wildman–Crippen LogP) is 3.84. The van der Waals surface area contributed by atoms with Gasteiger partial charge in [-0.3, -0.25) is 9.36 Å². The van der Waals surface area contributed by atoms with Crippen LogP contribution in [0.1, 0.15) is 5.56 Å². The largest absolute Gasteiger partial charge is 0.382 e. The van der Waals surface area contributed by atoms with Crippen molar-refractivity contribution in [1.29, 1.82) is 0 Å². The van der Waals surface area contributed by atoms with E-state index in [-0.39, 0.29) is 23.6 Å². The molecule has 0 saturated heterocycles. The standard InChI is InChI=1S/C21H18N2O4S2/c1-15-7-9-16(10-8-15)18-13-28-20-19(18)21(24)23(14-22-20)11-12-29(25,26)27-17-5-3-2-4-6-17/h2-10,13-14H,11-12H2,1H3. The second-order valence-corrected chi connectivity index (χ2v) is 9.15. The number of para-hydroxylation sites is 1. The highest BCUT2D eigenvalue weighted by molar-refractivity contribution is 7.87. The van der Waals surface area contributed by atoms with Crippen LogP contribution in [0.3, 0.4) is 0 Å². The Balaban J connectivity index is 1.62. The molecule has 0 spiro atoms. The van der Waals surface area contributed by atoms with E-state index in [9.17, 15) is 13.2 Å². The van der Waals surface area contributed by atoms with E-state index in [0.29, 0.717) is 10.2 Å². The maximum atomic E-state index is 13.0. The molecule has 6 nitrogen and oxygen atoms in total. The average Bonchev–Trinajstić information content (AvgIpc) is 3.13. The van der Waals surface area contributed by atoms with Gasteiger partial charge < -0.3 is 4.18 Å². The number of fused-ring (bicyclic) bond motifs is 1. The molecule has 4 rings (SSSR count). The molecule has 0 radical (unpaired) electrons. The molecular formula is C21H18N2O4S2. The van der Waals surface area contributed by atoms with Gasteiger partial charge in [-0.2, -0.15) is 8.42 Å². The summed E-state index contributed by atoms with van der Waals surface area (Å²) in [5.41, 5.74) is 2.60. The summed E-state index contributed by atoms with van der Waals surface area (Å²) < 4.78 is 30.9. The van der Waals surface area contributed by atoms with Crippen LogP contribution >= 0.6 is 11.3 Å². The van der Waals surface area contributed by atoms with Crippen molar-refractivity contribution in [1.82, 2.24) is 9.55 Å². The molecule has 0 aliphatic rings. The van der Waals surface area contributed by atoms with Crippen molar-refractivity contribution in [2.45, 2.75) is 13.5 Å². The summed E-state index contributed by atoms with van der Waals surface area (Å²) in [7, 11) is -3.84. The molecule has 8 heteroatoms. The van der Waals surface area contributed by atoms with Gasteiger partial charge in [0.15, 0.2) is 0 Å². The summed E-state index contributed by atoms with van der Waals surface area (Å²) in [4.78, 5) is 18.0. The molecule has 148 valence electrons. The maximum Gasteiger partial charge on any atom is 0.310 e. The van der Waals surface area contributed by atoms with Crippen molar-refractivity contribution in [3.05, 3.63) is 82.2 Å². The zero-order chi connectivity index (χ0) is 20.4. The molecule has 0 saturated carbocycles. The van der Waals surface area contributed by atoms with E-state index in [1.54, 1.807) is 30.3 Å². The molecule has 2 heterocycles. The van der Waals surface area contributed by atoms with Crippen LogP contribution in [0.2, 0.25) is 0 Å². The SMILES string of the molecule is Cc1ccc(-c2csc3ncn(CCS(=O)(=O)Oc4ccccc4)c(=O)c23)cc1. The molecule has 0 fully saturated rings. The average molecular weight is 427 g/mol. The number of aryl methyl sites for hydroxylation is 2. The minimum atomic E-state index is -3.84. The topological polar surface area (TPSA) is 78.3 Å². The lowest BCUT2D eigenvalue weighted by Crippen LogP contribution is -2.26. The second kappa shape index (κ2) is 7.81. The molecule has 0 bridgehead atoms. The Morgan fingerprint density at radius 1 is 1.07 bits per heavy atom. The van der Waals surface area contributed by atoms with E-state index in [1.807, 2.05) is 36.6 Å². The fourth-order valence-electron chi connectivity index (χ4n) is 2.95. The highest BCUT2D eigenvalue weighted by Crippen LogP contribution is 2.30. The Bertz CT molecular complexity index is 1310. The van der Waals surface area contributed by atoms with Crippen LogP contribution in [0.4, 0.5) is 0 Å². The molecule has 2 aromatic carbocycles. The first-order valence-electron chi connectivity index (χ1n) is 8.94. The number of thiophene rings is 1. The van der Waals surface area contributed by atoms with Gasteiger partial charge in [-0.15, -0.1) is 11.3 Å². The third-order valence-electron chi connectivity index (χ3n) is 4.47. The lowest BCUT2D eigenvalue weighted by Gasteiger charge is -2.09. The third kappa shape index (κ3) is 4.23. The lowest BCUT2D eigenvalue weighted by molar-refractivity contribution is 0.480. The van der Waals surface area contributed by atoms with Crippen LogP contribution in [0, 0.1) is 6.92 Å². The zero-order valence-corrected chi connectivity index (χ0v) is 17.2. The minimum Gasteiger partial charge on any atom is -0.382 e. The van der Waals surface area contributed by atoms with E-state index in [1.165, 1.54) is 22.2 Å². The Hall–Kier alpha value is -2.97. The number of benzene rings is 2. The third-order valence-corrected chi connectivity index (χ3v) is 6.49. The van der Waals surface area contributed by atoms with Gasteiger partial charge in [0.2, 0.25) is 0 Å². The first-order chi connectivity index (χ1) is 13.9. The van der Waals surface area contributed by atoms with E-state index < -0.39 is 10.1 Å². The molecule has 0 atom stereocenters. The molecule has 2 aromatic heterocycles. The van der Waals surface area contributed by atoms with Crippen molar-refractivity contribution in [3.8, 4) is 16.9 Å². The number of nitrogens with zero attached hydrogens (tertiary/aromatic N) is 2. The van der Waals surface area contributed by atoms with Crippen LogP contribution in [-0.4, -0.2) is 23.7 Å². The van der Waals surface area contributed by atoms with Gasteiger partial charge in [0.1, 0.15) is 16.3 Å². The smallest absolute Gasteiger partial charge is 0.310 e. The summed E-state index contributed by atoms with van der Waals surface area (Å²) in [6, 6.07) is 16.2. The van der Waals surface area contributed by atoms with Gasteiger partial charge in [0, 0.05) is 17.5 Å². The van der Waals surface area contributed by atoms with Crippen LogP contribution < -0.4 is 9.74 Å². The molecular weight excluding hydrogens is 408 g/mol. The summed E-state index contributed by atoms with van der Waals surface area (Å²) in [6.45, 7) is 1.96. The molecule has 0 aliphatic heterocycles. The van der Waals surface area contributed by atoms with Crippen LogP contribution in [0.15, 0.2) is 71.1 Å². The highest BCUT2D eigenvalue weighted by atomic mass is 32.2. The summed E-state index contributed by atoms with van der Waals surface area (Å²) >= 11 is 1.39. The minimum absolute atomic E-state index is 0.0415. The first kappa shape index (κ1) is 19.4. The number of hydrogen-bond acceptors (Lipinski definition) is 6.